The van der Waals surface area contributed by atoms with E-state index in [4.69, 9.17) is 0 Å². The lowest BCUT2D eigenvalue weighted by molar-refractivity contribution is 0.108. The Hall–Kier alpha value is -0.380. The number of piperazine rings is 1. The van der Waals surface area contributed by atoms with E-state index in [9.17, 15) is 0 Å². The molecule has 0 bridgehead atoms. The fourth-order valence-corrected chi connectivity index (χ4v) is 3.63. The third-order valence-corrected chi connectivity index (χ3v) is 5.15. The van der Waals surface area contributed by atoms with Crippen LogP contribution >= 0.6 is 11.3 Å². The zero-order valence-corrected chi connectivity index (χ0v) is 13.4. The van der Waals surface area contributed by atoms with Gasteiger partial charge in [-0.3, -0.25) is 4.90 Å². The van der Waals surface area contributed by atoms with Crippen molar-refractivity contribution in [3.63, 3.8) is 0 Å². The summed E-state index contributed by atoms with van der Waals surface area (Å²) in [5, 5.41) is 5.93. The second-order valence-corrected chi connectivity index (χ2v) is 7.06. The average molecular weight is 280 g/mol. The van der Waals surface area contributed by atoms with Crippen molar-refractivity contribution in [1.29, 1.82) is 0 Å². The Balaban J connectivity index is 1.90. The fourth-order valence-electron chi connectivity index (χ4n) is 2.93. The van der Waals surface area contributed by atoms with Gasteiger partial charge in [-0.25, -0.2) is 0 Å². The van der Waals surface area contributed by atoms with Crippen LogP contribution in [0.4, 0.5) is 0 Å². The molecule has 3 heteroatoms. The molecule has 1 N–H and O–H groups in total. The van der Waals surface area contributed by atoms with E-state index in [1.807, 2.05) is 11.3 Å². The van der Waals surface area contributed by atoms with Crippen LogP contribution in [0.2, 0.25) is 0 Å². The normalized spacial score (nSPS) is 25.1. The van der Waals surface area contributed by atoms with Gasteiger partial charge in [0.15, 0.2) is 0 Å². The van der Waals surface area contributed by atoms with Gasteiger partial charge in [0.2, 0.25) is 0 Å². The minimum atomic E-state index is 0.663. The summed E-state index contributed by atoms with van der Waals surface area (Å²) in [7, 11) is 0. The van der Waals surface area contributed by atoms with E-state index in [-0.39, 0.29) is 0 Å². The van der Waals surface area contributed by atoms with Crippen molar-refractivity contribution in [2.24, 2.45) is 5.92 Å². The molecule has 2 atom stereocenters. The number of hydrogen-bond donors (Lipinski definition) is 1. The molecule has 0 aliphatic carbocycles. The molecular formula is C16H28N2S. The lowest BCUT2D eigenvalue weighted by Gasteiger charge is -2.42. The van der Waals surface area contributed by atoms with Crippen LogP contribution in [-0.2, 0) is 6.42 Å². The summed E-state index contributed by atoms with van der Waals surface area (Å²) in [6, 6.07) is 5.83. The molecule has 0 saturated carbocycles. The molecule has 0 spiro atoms. The molecule has 19 heavy (non-hydrogen) atoms. The van der Waals surface area contributed by atoms with E-state index < -0.39 is 0 Å². The molecule has 2 nitrogen and oxygen atoms in total. The highest BCUT2D eigenvalue weighted by Gasteiger charge is 2.28. The van der Waals surface area contributed by atoms with Gasteiger partial charge in [-0.2, -0.15) is 0 Å². The monoisotopic (exact) mass is 280 g/mol. The summed E-state index contributed by atoms with van der Waals surface area (Å²) in [4.78, 5) is 4.25. The van der Waals surface area contributed by atoms with Gasteiger partial charge in [0.25, 0.3) is 0 Å². The lowest BCUT2D eigenvalue weighted by atomic mass is 9.97. The first-order chi connectivity index (χ1) is 9.20. The smallest absolute Gasteiger partial charge is 0.0221 e. The van der Waals surface area contributed by atoms with Crippen LogP contribution in [0.25, 0.3) is 0 Å². The number of nitrogens with zero attached hydrogens (tertiary/aromatic N) is 1. The van der Waals surface area contributed by atoms with Gasteiger partial charge in [-0.05, 0) is 30.2 Å². The molecule has 2 unspecified atom stereocenters. The second-order valence-electron chi connectivity index (χ2n) is 6.03. The van der Waals surface area contributed by atoms with Crippen molar-refractivity contribution < 1.29 is 0 Å². The van der Waals surface area contributed by atoms with Crippen molar-refractivity contribution in [2.45, 2.75) is 52.1 Å². The Labute approximate surface area is 122 Å². The Morgan fingerprint density at radius 2 is 2.32 bits per heavy atom. The van der Waals surface area contributed by atoms with Crippen LogP contribution < -0.4 is 5.32 Å². The Kier molecular flexibility index (Phi) is 5.86. The van der Waals surface area contributed by atoms with E-state index >= 15 is 0 Å². The maximum Gasteiger partial charge on any atom is 0.0221 e. The second kappa shape index (κ2) is 7.41. The number of nitrogens with one attached hydrogen (secondary N) is 1. The summed E-state index contributed by atoms with van der Waals surface area (Å²) in [5.74, 6) is 0.729. The molecule has 0 amide bonds. The van der Waals surface area contributed by atoms with E-state index in [1.54, 1.807) is 0 Å². The third-order valence-electron chi connectivity index (χ3n) is 4.22. The maximum atomic E-state index is 3.74. The first kappa shape index (κ1) is 15.0. The third kappa shape index (κ3) is 4.30. The molecule has 2 rings (SSSR count). The summed E-state index contributed by atoms with van der Waals surface area (Å²) in [5.41, 5.74) is 0. The van der Waals surface area contributed by atoms with Gasteiger partial charge >= 0.3 is 0 Å². The summed E-state index contributed by atoms with van der Waals surface area (Å²) >= 11 is 1.89. The van der Waals surface area contributed by atoms with E-state index in [1.165, 1.54) is 43.8 Å². The van der Waals surface area contributed by atoms with E-state index in [0.717, 1.165) is 12.0 Å². The summed E-state index contributed by atoms with van der Waals surface area (Å²) in [6.07, 6.45) is 3.82. The molecule has 0 radical (unpaired) electrons. The Bertz CT molecular complexity index is 348. The molecule has 0 aromatic carbocycles. The minimum absolute atomic E-state index is 0.663. The Morgan fingerprint density at radius 3 is 2.95 bits per heavy atom. The molecule has 108 valence electrons. The van der Waals surface area contributed by atoms with Crippen LogP contribution in [0, 0.1) is 5.92 Å². The molecule has 1 aliphatic rings. The van der Waals surface area contributed by atoms with E-state index in [2.05, 4.69) is 48.5 Å². The van der Waals surface area contributed by atoms with Gasteiger partial charge in [-0.1, -0.05) is 33.3 Å². The summed E-state index contributed by atoms with van der Waals surface area (Å²) < 4.78 is 0. The van der Waals surface area contributed by atoms with Crippen molar-refractivity contribution in [2.75, 3.05) is 19.6 Å². The first-order valence-corrected chi connectivity index (χ1v) is 8.58. The quantitative estimate of drug-likeness (QED) is 0.859. The maximum absolute atomic E-state index is 3.74. The van der Waals surface area contributed by atoms with Gasteiger partial charge in [-0.15, -0.1) is 11.3 Å². The highest BCUT2D eigenvalue weighted by atomic mass is 32.1. The largest absolute Gasteiger partial charge is 0.311 e. The predicted molar refractivity (Wildman–Crippen MR) is 84.9 cm³/mol. The lowest BCUT2D eigenvalue weighted by Crippen LogP contribution is -2.58. The summed E-state index contributed by atoms with van der Waals surface area (Å²) in [6.45, 7) is 10.6. The molecule has 2 heterocycles. The van der Waals surface area contributed by atoms with Crippen LogP contribution in [-0.4, -0.2) is 36.6 Å². The Morgan fingerprint density at radius 1 is 1.47 bits per heavy atom. The molecule has 1 fully saturated rings. The highest BCUT2D eigenvalue weighted by molar-refractivity contribution is 7.09. The van der Waals surface area contributed by atoms with Gasteiger partial charge < -0.3 is 5.32 Å². The van der Waals surface area contributed by atoms with Crippen LogP contribution in [0.1, 0.15) is 38.5 Å². The van der Waals surface area contributed by atoms with E-state index in [0.29, 0.717) is 6.04 Å². The fraction of sp³-hybridized carbons (Fsp3) is 0.750. The topological polar surface area (TPSA) is 15.3 Å². The van der Waals surface area contributed by atoms with Gasteiger partial charge in [0.05, 0.1) is 0 Å². The predicted octanol–water partition coefficient (Wildman–Crippen LogP) is 3.39. The van der Waals surface area contributed by atoms with Gasteiger partial charge in [0, 0.05) is 36.6 Å². The van der Waals surface area contributed by atoms with Crippen LogP contribution in [0.3, 0.4) is 0 Å². The molecule has 1 aromatic heterocycles. The molecule has 1 saturated heterocycles. The SMILES string of the molecule is CCCC1CNC(C(C)C)CN1CCc1cccs1. The molecular weight excluding hydrogens is 252 g/mol. The van der Waals surface area contributed by atoms with Crippen molar-refractivity contribution in [3.8, 4) is 0 Å². The number of rotatable bonds is 6. The minimum Gasteiger partial charge on any atom is -0.311 e. The van der Waals surface area contributed by atoms with Gasteiger partial charge in [0.1, 0.15) is 0 Å². The van der Waals surface area contributed by atoms with Crippen molar-refractivity contribution in [1.82, 2.24) is 10.2 Å². The van der Waals surface area contributed by atoms with Crippen LogP contribution in [0.5, 0.6) is 0 Å². The average Bonchev–Trinajstić information content (AvgIpc) is 2.90. The van der Waals surface area contributed by atoms with Crippen LogP contribution in [0.15, 0.2) is 17.5 Å². The zero-order chi connectivity index (χ0) is 13.7. The van der Waals surface area contributed by atoms with Crippen molar-refractivity contribution in [3.05, 3.63) is 22.4 Å². The standard InChI is InChI=1S/C16H28N2S/c1-4-6-14-11-17-16(13(2)3)12-18(14)9-8-15-7-5-10-19-15/h5,7,10,13-14,16-17H,4,6,8-9,11-12H2,1-3H3. The first-order valence-electron chi connectivity index (χ1n) is 7.70. The molecule has 1 aromatic rings. The highest BCUT2D eigenvalue weighted by Crippen LogP contribution is 2.18. The molecule has 1 aliphatic heterocycles. The number of hydrogen-bond acceptors (Lipinski definition) is 3. The number of thiophene rings is 1. The van der Waals surface area contributed by atoms with Crippen molar-refractivity contribution >= 4 is 11.3 Å². The zero-order valence-electron chi connectivity index (χ0n) is 12.6.